The Morgan fingerprint density at radius 3 is 2.80 bits per heavy atom. The van der Waals surface area contributed by atoms with Gasteiger partial charge in [-0.25, -0.2) is 13.8 Å². The number of rotatable bonds is 8. The maximum Gasteiger partial charge on any atom is 0.191 e. The normalized spacial score (nSPS) is 11.4. The van der Waals surface area contributed by atoms with Crippen molar-refractivity contribution in [1.29, 1.82) is 0 Å². The van der Waals surface area contributed by atoms with E-state index in [4.69, 9.17) is 4.74 Å². The summed E-state index contributed by atoms with van der Waals surface area (Å²) in [5.74, 6) is -0.827. The maximum atomic E-state index is 13.1. The molecule has 25 heavy (non-hydrogen) atoms. The molecule has 0 unspecified atom stereocenters. The minimum Gasteiger partial charge on any atom is -0.492 e. The summed E-state index contributed by atoms with van der Waals surface area (Å²) in [5.41, 5.74) is 0. The highest BCUT2D eigenvalue weighted by Crippen LogP contribution is 2.15. The van der Waals surface area contributed by atoms with Gasteiger partial charge < -0.3 is 15.4 Å². The Morgan fingerprint density at radius 1 is 1.28 bits per heavy atom. The van der Waals surface area contributed by atoms with Crippen molar-refractivity contribution in [3.63, 3.8) is 0 Å². The minimum atomic E-state index is -0.919. The molecule has 1 aromatic heterocycles. The van der Waals surface area contributed by atoms with Gasteiger partial charge in [0, 0.05) is 36.7 Å². The summed E-state index contributed by atoms with van der Waals surface area (Å²) in [5, 5.41) is 7.35. The Bertz CT molecular complexity index is 706. The largest absolute Gasteiger partial charge is 0.492 e. The molecule has 1 heterocycles. The fourth-order valence-electron chi connectivity index (χ4n) is 2.03. The highest BCUT2D eigenvalue weighted by Gasteiger charge is 2.04. The second-order valence-electron chi connectivity index (χ2n) is 5.23. The monoisotopic (exact) mass is 368 g/mol. The summed E-state index contributed by atoms with van der Waals surface area (Å²) in [6, 6.07) is 3.47. The molecule has 2 N–H and O–H groups in total. The highest BCUT2D eigenvalue weighted by atomic mass is 32.1. The molecule has 2 aromatic rings. The number of hydrogen-bond donors (Lipinski definition) is 2. The zero-order valence-corrected chi connectivity index (χ0v) is 15.1. The Balaban J connectivity index is 1.74. The third-order valence-corrected chi connectivity index (χ3v) is 4.14. The van der Waals surface area contributed by atoms with Crippen LogP contribution in [0.25, 0.3) is 0 Å². The molecule has 8 heteroatoms. The zero-order valence-electron chi connectivity index (χ0n) is 14.3. The number of thiazole rings is 1. The lowest BCUT2D eigenvalue weighted by atomic mass is 10.3. The fourth-order valence-corrected chi connectivity index (χ4v) is 2.80. The number of benzene rings is 1. The van der Waals surface area contributed by atoms with Crippen LogP contribution in [0.4, 0.5) is 8.78 Å². The summed E-state index contributed by atoms with van der Waals surface area (Å²) in [6.07, 6.45) is 2.66. The van der Waals surface area contributed by atoms with Crippen LogP contribution in [0, 0.1) is 18.6 Å². The first-order valence-corrected chi connectivity index (χ1v) is 8.91. The fraction of sp³-hybridized carbons (Fsp3) is 0.412. The number of nitrogens with one attached hydrogen (secondary N) is 2. The molecule has 0 amide bonds. The van der Waals surface area contributed by atoms with Gasteiger partial charge in [-0.3, -0.25) is 4.99 Å². The molecule has 0 aliphatic carbocycles. The first kappa shape index (κ1) is 19.1. The average molecular weight is 368 g/mol. The predicted molar refractivity (Wildman–Crippen MR) is 96.4 cm³/mol. The topological polar surface area (TPSA) is 58.5 Å². The van der Waals surface area contributed by atoms with E-state index in [1.54, 1.807) is 11.3 Å². The summed E-state index contributed by atoms with van der Waals surface area (Å²) < 4.78 is 31.3. The third-order valence-electron chi connectivity index (χ3n) is 3.16. The molecular weight excluding hydrogens is 346 g/mol. The van der Waals surface area contributed by atoms with E-state index < -0.39 is 11.6 Å². The van der Waals surface area contributed by atoms with Gasteiger partial charge in [0.25, 0.3) is 0 Å². The van der Waals surface area contributed by atoms with Gasteiger partial charge in [0.1, 0.15) is 12.4 Å². The third kappa shape index (κ3) is 6.66. The van der Waals surface area contributed by atoms with Crippen LogP contribution in [-0.4, -0.2) is 37.2 Å². The smallest absolute Gasteiger partial charge is 0.191 e. The summed E-state index contributed by atoms with van der Waals surface area (Å²) in [4.78, 5) is 9.99. The van der Waals surface area contributed by atoms with Crippen molar-refractivity contribution in [1.82, 2.24) is 15.6 Å². The highest BCUT2D eigenvalue weighted by molar-refractivity contribution is 7.11. The minimum absolute atomic E-state index is 0.293. The molecule has 1 aromatic carbocycles. The second kappa shape index (κ2) is 9.93. The van der Waals surface area contributed by atoms with E-state index in [0.717, 1.165) is 30.1 Å². The van der Waals surface area contributed by atoms with Gasteiger partial charge in [-0.15, -0.1) is 11.3 Å². The van der Waals surface area contributed by atoms with Crippen molar-refractivity contribution in [3.05, 3.63) is 45.9 Å². The number of nitrogens with zero attached hydrogens (tertiary/aromatic N) is 2. The maximum absolute atomic E-state index is 13.1. The molecule has 0 atom stereocenters. The first-order chi connectivity index (χ1) is 12.1. The van der Waals surface area contributed by atoms with Crippen LogP contribution in [0.1, 0.15) is 16.8 Å². The van der Waals surface area contributed by atoms with Crippen LogP contribution >= 0.6 is 11.3 Å². The molecule has 0 bridgehead atoms. The molecule has 0 radical (unpaired) electrons. The Hall–Kier alpha value is -2.22. The van der Waals surface area contributed by atoms with Crippen LogP contribution in [-0.2, 0) is 6.42 Å². The number of aliphatic imine (C=N–C) groups is 1. The van der Waals surface area contributed by atoms with Gasteiger partial charge in [0.05, 0.1) is 11.6 Å². The van der Waals surface area contributed by atoms with E-state index >= 15 is 0 Å². The lowest BCUT2D eigenvalue weighted by molar-refractivity contribution is 0.318. The van der Waals surface area contributed by atoms with Crippen LogP contribution < -0.4 is 15.4 Å². The molecule has 5 nitrogen and oxygen atoms in total. The van der Waals surface area contributed by atoms with Crippen molar-refractivity contribution in [2.45, 2.75) is 20.3 Å². The summed E-state index contributed by atoms with van der Waals surface area (Å²) in [7, 11) is 0. The number of aromatic nitrogens is 1. The molecular formula is C17H22F2N4OS. The molecule has 0 saturated heterocycles. The molecule has 2 rings (SSSR count). The van der Waals surface area contributed by atoms with E-state index in [0.29, 0.717) is 31.4 Å². The Morgan fingerprint density at radius 2 is 2.12 bits per heavy atom. The van der Waals surface area contributed by atoms with Gasteiger partial charge in [0.2, 0.25) is 0 Å². The number of halogens is 2. The van der Waals surface area contributed by atoms with Gasteiger partial charge in [-0.1, -0.05) is 0 Å². The number of ether oxygens (including phenoxy) is 1. The van der Waals surface area contributed by atoms with Gasteiger partial charge in [-0.2, -0.15) is 0 Å². The molecule has 0 aliphatic rings. The number of aryl methyl sites for hydroxylation is 1. The van der Waals surface area contributed by atoms with E-state index in [9.17, 15) is 8.78 Å². The number of guanidine groups is 1. The molecule has 0 saturated carbocycles. The summed E-state index contributed by atoms with van der Waals surface area (Å²) in [6.45, 7) is 6.18. The SMILES string of the molecule is CCNC(=NCCc1ncc(C)s1)NCCOc1ccc(F)c(F)c1. The molecule has 136 valence electrons. The van der Waals surface area contributed by atoms with Crippen molar-refractivity contribution >= 4 is 17.3 Å². The van der Waals surface area contributed by atoms with Crippen molar-refractivity contribution < 1.29 is 13.5 Å². The van der Waals surface area contributed by atoms with Crippen LogP contribution in [0.5, 0.6) is 5.75 Å². The van der Waals surface area contributed by atoms with Crippen LogP contribution in [0.15, 0.2) is 29.4 Å². The summed E-state index contributed by atoms with van der Waals surface area (Å²) >= 11 is 1.68. The average Bonchev–Trinajstić information content (AvgIpc) is 3.00. The lowest BCUT2D eigenvalue weighted by Gasteiger charge is -2.12. The van der Waals surface area contributed by atoms with Crippen LogP contribution in [0.2, 0.25) is 0 Å². The van der Waals surface area contributed by atoms with Gasteiger partial charge in [0.15, 0.2) is 17.6 Å². The Kier molecular flexibility index (Phi) is 7.59. The number of hydrogen-bond acceptors (Lipinski definition) is 4. The Labute approximate surface area is 150 Å². The molecule has 0 spiro atoms. The standard InChI is InChI=1S/C17H22F2N4OS/c1-3-20-17(21-7-6-16-23-11-12(2)25-16)22-8-9-24-13-4-5-14(18)15(19)10-13/h4-5,10-11H,3,6-9H2,1-2H3,(H2,20,21,22). The van der Waals surface area contributed by atoms with E-state index in [2.05, 4.69) is 20.6 Å². The van der Waals surface area contributed by atoms with E-state index in [1.165, 1.54) is 10.9 Å². The van der Waals surface area contributed by atoms with E-state index in [-0.39, 0.29) is 0 Å². The zero-order chi connectivity index (χ0) is 18.1. The van der Waals surface area contributed by atoms with Crippen LogP contribution in [0.3, 0.4) is 0 Å². The predicted octanol–water partition coefficient (Wildman–Crippen LogP) is 2.91. The molecule has 0 aliphatic heterocycles. The second-order valence-corrected chi connectivity index (χ2v) is 6.55. The quantitative estimate of drug-likeness (QED) is 0.427. The van der Waals surface area contributed by atoms with Crippen molar-refractivity contribution in [3.8, 4) is 5.75 Å². The van der Waals surface area contributed by atoms with Crippen molar-refractivity contribution in [2.24, 2.45) is 4.99 Å². The first-order valence-electron chi connectivity index (χ1n) is 8.10. The lowest BCUT2D eigenvalue weighted by Crippen LogP contribution is -2.39. The van der Waals surface area contributed by atoms with E-state index in [1.807, 2.05) is 20.0 Å². The molecule has 0 fully saturated rings. The van der Waals surface area contributed by atoms with Gasteiger partial charge >= 0.3 is 0 Å². The van der Waals surface area contributed by atoms with Crippen molar-refractivity contribution in [2.75, 3.05) is 26.2 Å². The van der Waals surface area contributed by atoms with Gasteiger partial charge in [-0.05, 0) is 26.0 Å².